The van der Waals surface area contributed by atoms with Crippen molar-refractivity contribution in [2.45, 2.75) is 32.0 Å². The highest BCUT2D eigenvalue weighted by Crippen LogP contribution is 2.07. The Kier molecular flexibility index (Phi) is 11.5. The van der Waals surface area contributed by atoms with Gasteiger partial charge >= 0.3 is 0 Å². The van der Waals surface area contributed by atoms with Crippen LogP contribution in [0, 0.1) is 0 Å². The van der Waals surface area contributed by atoms with Gasteiger partial charge in [-0.25, -0.2) is 0 Å². The molecule has 0 spiro atoms. The molecule has 0 aliphatic carbocycles. The lowest BCUT2D eigenvalue weighted by Gasteiger charge is -2.36. The Morgan fingerprint density at radius 1 is 1.35 bits per heavy atom. The number of hydrogen-bond acceptors (Lipinski definition) is 4. The quantitative estimate of drug-likeness (QED) is 0.236. The van der Waals surface area contributed by atoms with Crippen LogP contribution in [-0.4, -0.2) is 61.7 Å². The van der Waals surface area contributed by atoms with Crippen molar-refractivity contribution in [1.82, 2.24) is 10.6 Å². The Morgan fingerprint density at radius 3 is 2.40 bits per heavy atom. The van der Waals surface area contributed by atoms with Crippen LogP contribution in [0.15, 0.2) is 12.3 Å². The second-order valence-corrected chi connectivity index (χ2v) is 5.26. The Balaban J connectivity index is 0. The van der Waals surface area contributed by atoms with E-state index in [0.29, 0.717) is 23.7 Å². The van der Waals surface area contributed by atoms with Crippen molar-refractivity contribution in [2.24, 2.45) is 0 Å². The lowest BCUT2D eigenvalue weighted by Crippen LogP contribution is -3.00. The number of quaternary nitrogens is 1. The van der Waals surface area contributed by atoms with Crippen molar-refractivity contribution >= 4 is 12.2 Å². The van der Waals surface area contributed by atoms with Crippen molar-refractivity contribution in [3.05, 3.63) is 12.3 Å². The zero-order valence-electron chi connectivity index (χ0n) is 12.6. The molecule has 0 heterocycles. The van der Waals surface area contributed by atoms with E-state index in [-0.39, 0.29) is 30.9 Å². The van der Waals surface area contributed by atoms with Crippen LogP contribution in [0.2, 0.25) is 0 Å². The number of halogens is 1. The van der Waals surface area contributed by atoms with Gasteiger partial charge in [0.05, 0.1) is 21.1 Å². The van der Waals surface area contributed by atoms with Gasteiger partial charge in [0.1, 0.15) is 12.4 Å². The smallest absolute Gasteiger partial charge is 0.223 e. The highest BCUT2D eigenvalue weighted by molar-refractivity contribution is 5.76. The predicted molar refractivity (Wildman–Crippen MR) is 74.1 cm³/mol. The Hall–Kier alpha value is -0.950. The maximum atomic E-state index is 11.0. The van der Waals surface area contributed by atoms with Gasteiger partial charge in [0.2, 0.25) is 5.91 Å². The number of carbonyl (C=O) groups excluding carboxylic acids is 2. The van der Waals surface area contributed by atoms with Gasteiger partial charge < -0.3 is 32.1 Å². The molecule has 6 nitrogen and oxygen atoms in total. The molecule has 1 amide bonds. The zero-order chi connectivity index (χ0) is 14.9. The number of aliphatic hydroxyl groups is 1. The van der Waals surface area contributed by atoms with Gasteiger partial charge in [0, 0.05) is 25.6 Å². The van der Waals surface area contributed by atoms with E-state index >= 15 is 0 Å². The van der Waals surface area contributed by atoms with Crippen LogP contribution in [0.25, 0.3) is 0 Å². The minimum Gasteiger partial charge on any atom is -1.00 e. The molecule has 0 saturated heterocycles. The molecule has 0 aromatic carbocycles. The van der Waals surface area contributed by atoms with E-state index in [0.717, 1.165) is 0 Å². The first-order valence-corrected chi connectivity index (χ1v) is 6.43. The van der Waals surface area contributed by atoms with Crippen molar-refractivity contribution in [2.75, 3.05) is 27.7 Å². The molecule has 0 aliphatic heterocycles. The number of rotatable bonds is 9. The summed E-state index contributed by atoms with van der Waals surface area (Å²) in [4.78, 5) is 21.5. The van der Waals surface area contributed by atoms with Gasteiger partial charge in [0.15, 0.2) is 6.17 Å². The highest BCUT2D eigenvalue weighted by Gasteiger charge is 2.30. The van der Waals surface area contributed by atoms with Gasteiger partial charge in [-0.05, 0) is 0 Å². The maximum absolute atomic E-state index is 11.0. The molecular weight excluding hydrogens is 282 g/mol. The fraction of sp³-hybridized carbons (Fsp3) is 0.692. The number of nitrogens with one attached hydrogen (secondary N) is 2. The van der Waals surface area contributed by atoms with Gasteiger partial charge in [-0.1, -0.05) is 13.0 Å². The number of carbonyl (C=O) groups is 2. The molecule has 0 bridgehead atoms. The van der Waals surface area contributed by atoms with E-state index < -0.39 is 6.10 Å². The van der Waals surface area contributed by atoms with Crippen LogP contribution in [0.1, 0.15) is 19.8 Å². The molecular formula is C13H26ClN3O3. The molecule has 0 saturated carbocycles. The lowest BCUT2D eigenvalue weighted by molar-refractivity contribution is -0.903. The number of nitrogens with zero attached hydrogens (tertiary/aromatic N) is 1. The first kappa shape index (κ1) is 21.4. The van der Waals surface area contributed by atoms with Gasteiger partial charge in [-0.15, -0.1) is 0 Å². The predicted octanol–water partition coefficient (Wildman–Crippen LogP) is -3.40. The average molecular weight is 308 g/mol. The molecule has 3 N–H and O–H groups in total. The van der Waals surface area contributed by atoms with Crippen LogP contribution < -0.4 is 23.0 Å². The second-order valence-electron chi connectivity index (χ2n) is 5.26. The Bertz CT molecular complexity index is 316. The summed E-state index contributed by atoms with van der Waals surface area (Å²) in [5.74, 6) is -0.0413. The highest BCUT2D eigenvalue weighted by atomic mass is 35.5. The second kappa shape index (κ2) is 10.8. The molecule has 20 heavy (non-hydrogen) atoms. The molecule has 118 valence electrons. The first-order valence-electron chi connectivity index (χ1n) is 6.43. The first-order chi connectivity index (χ1) is 8.82. The van der Waals surface area contributed by atoms with E-state index in [4.69, 9.17) is 0 Å². The summed E-state index contributed by atoms with van der Waals surface area (Å²) < 4.78 is 0.490. The fourth-order valence-electron chi connectivity index (χ4n) is 1.66. The number of aldehydes is 1. The van der Waals surface area contributed by atoms with E-state index in [1.165, 1.54) is 0 Å². The topological polar surface area (TPSA) is 78.4 Å². The monoisotopic (exact) mass is 307 g/mol. The average Bonchev–Trinajstić information content (AvgIpc) is 2.31. The molecule has 0 rings (SSSR count). The van der Waals surface area contributed by atoms with Crippen LogP contribution in [0.5, 0.6) is 0 Å². The third-order valence-corrected chi connectivity index (χ3v) is 2.66. The van der Waals surface area contributed by atoms with E-state index in [1.807, 2.05) is 21.1 Å². The molecule has 7 heteroatoms. The van der Waals surface area contributed by atoms with Crippen LogP contribution >= 0.6 is 0 Å². The Labute approximate surface area is 127 Å². The van der Waals surface area contributed by atoms with Crippen LogP contribution in [-0.2, 0) is 9.59 Å². The molecule has 0 aromatic heterocycles. The summed E-state index contributed by atoms with van der Waals surface area (Å²) in [5, 5.41) is 15.7. The number of aliphatic hydroxyl groups excluding tert-OH is 1. The summed E-state index contributed by atoms with van der Waals surface area (Å²) in [6.07, 6.45) is 3.61. The normalized spacial score (nSPS) is 14.4. The summed E-state index contributed by atoms with van der Waals surface area (Å²) in [5.41, 5.74) is 0. The summed E-state index contributed by atoms with van der Waals surface area (Å²) in [6.45, 7) is 2.28. The number of likely N-dealkylation sites (N-methyl/N-ethyl adjacent to an activating group) is 1. The molecule has 0 fully saturated rings. The molecule has 2 unspecified atom stereocenters. The zero-order valence-corrected chi connectivity index (χ0v) is 13.4. The molecule has 2 atom stereocenters. The van der Waals surface area contributed by atoms with Gasteiger partial charge in [-0.3, -0.25) is 10.1 Å². The minimum absolute atomic E-state index is 0. The summed E-state index contributed by atoms with van der Waals surface area (Å²) >= 11 is 0. The van der Waals surface area contributed by atoms with Crippen molar-refractivity contribution in [3.8, 4) is 0 Å². The summed E-state index contributed by atoms with van der Waals surface area (Å²) in [7, 11) is 5.82. The third-order valence-electron chi connectivity index (χ3n) is 2.66. The van der Waals surface area contributed by atoms with Crippen molar-refractivity contribution in [1.29, 1.82) is 0 Å². The number of amides is 1. The number of hydrogen-bond donors (Lipinski definition) is 3. The maximum Gasteiger partial charge on any atom is 0.223 e. The molecule has 0 radical (unpaired) electrons. The Morgan fingerprint density at radius 2 is 1.95 bits per heavy atom. The molecule has 0 aliphatic rings. The van der Waals surface area contributed by atoms with E-state index in [1.54, 1.807) is 19.2 Å². The van der Waals surface area contributed by atoms with Crippen molar-refractivity contribution < 1.29 is 31.6 Å². The van der Waals surface area contributed by atoms with E-state index in [9.17, 15) is 14.7 Å². The largest absolute Gasteiger partial charge is 1.00 e. The van der Waals surface area contributed by atoms with Crippen LogP contribution in [0.3, 0.4) is 0 Å². The molecule has 0 aromatic rings. The lowest BCUT2D eigenvalue weighted by atomic mass is 10.2. The van der Waals surface area contributed by atoms with Gasteiger partial charge in [-0.2, -0.15) is 0 Å². The van der Waals surface area contributed by atoms with Crippen LogP contribution in [0.4, 0.5) is 0 Å². The standard InChI is InChI=1S/C13H25N3O3.ClH/c1-5-12(19)14-8-6-9-15-13(16(2,3)4)11(18)7-10-17;/h6,8,10-11,13,15,18H,5,7,9H2,1-4H3;1H. The van der Waals surface area contributed by atoms with E-state index in [2.05, 4.69) is 10.6 Å². The van der Waals surface area contributed by atoms with Gasteiger partial charge in [0.25, 0.3) is 0 Å². The SMILES string of the molecule is CCC(=O)NC=CCNC(C(O)CC=O)[N+](C)(C)C.[Cl-]. The summed E-state index contributed by atoms with van der Waals surface area (Å²) in [6, 6.07) is 0. The van der Waals surface area contributed by atoms with Crippen molar-refractivity contribution in [3.63, 3.8) is 0 Å². The third kappa shape index (κ3) is 9.03. The minimum atomic E-state index is -0.740. The fourth-order valence-corrected chi connectivity index (χ4v) is 1.66.